The molecule has 216 valence electrons. The third kappa shape index (κ3) is 5.45. The molecule has 0 unspecified atom stereocenters. The molecule has 14 nitrogen and oxygen atoms in total. The lowest BCUT2D eigenvalue weighted by Crippen LogP contribution is -2.69. The number of methoxy groups -OCH3 is 3. The van der Waals surface area contributed by atoms with E-state index in [4.69, 9.17) is 18.9 Å². The van der Waals surface area contributed by atoms with Crippen molar-refractivity contribution in [3.8, 4) is 11.5 Å². The monoisotopic (exact) mass is 584 g/mol. The Morgan fingerprint density at radius 3 is 2.59 bits per heavy atom. The van der Waals surface area contributed by atoms with Crippen molar-refractivity contribution >= 4 is 27.5 Å². The van der Waals surface area contributed by atoms with E-state index < -0.39 is 45.7 Å². The van der Waals surface area contributed by atoms with Crippen molar-refractivity contribution in [1.82, 2.24) is 30.4 Å². The fraction of sp³-hybridized carbons (Fsp3) is 0.346. The molecule has 1 saturated heterocycles. The minimum Gasteiger partial charge on any atom is -0.497 e. The molecule has 0 radical (unpaired) electrons. The number of nitrogens with one attached hydrogen (secondary N) is 1. The van der Waals surface area contributed by atoms with Crippen LogP contribution in [-0.2, 0) is 37.2 Å². The lowest BCUT2D eigenvalue weighted by atomic mass is 10.0. The molecule has 15 heteroatoms. The summed E-state index contributed by atoms with van der Waals surface area (Å²) >= 11 is 0. The Morgan fingerprint density at radius 1 is 1.10 bits per heavy atom. The third-order valence-corrected chi connectivity index (χ3v) is 8.73. The van der Waals surface area contributed by atoms with Gasteiger partial charge in [0.25, 0.3) is 5.91 Å². The molecular formula is C26H28N6O8S. The quantitative estimate of drug-likeness (QED) is 0.338. The molecule has 0 spiro atoms. The number of aromatic nitrogens is 4. The number of carbonyl (C=O) groups is 2. The van der Waals surface area contributed by atoms with Gasteiger partial charge in [-0.15, -0.1) is 5.10 Å². The van der Waals surface area contributed by atoms with Gasteiger partial charge in [-0.05, 0) is 28.1 Å². The van der Waals surface area contributed by atoms with Gasteiger partial charge in [0.05, 0.1) is 32.2 Å². The van der Waals surface area contributed by atoms with Crippen molar-refractivity contribution in [3.63, 3.8) is 0 Å². The number of nitrogens with zero attached hydrogens (tertiary/aromatic N) is 5. The SMILES string of the molecule is COc1ccc(Cn2nnnc2C2=C(COC(=O)NCc3ccccc3)CS(=O)(=O)[C@H]3[C@@H](OC)C(=O)N23)c(OC)c1. The van der Waals surface area contributed by atoms with Crippen LogP contribution in [-0.4, -0.2) is 90.7 Å². The summed E-state index contributed by atoms with van der Waals surface area (Å²) in [7, 11) is 0.439. The number of ether oxygens (including phenoxy) is 4. The fourth-order valence-electron chi connectivity index (χ4n) is 4.78. The van der Waals surface area contributed by atoms with Crippen LogP contribution in [0.3, 0.4) is 0 Å². The molecule has 3 heterocycles. The number of hydrogen-bond donors (Lipinski definition) is 1. The second kappa shape index (κ2) is 11.5. The average molecular weight is 585 g/mol. The molecule has 1 fully saturated rings. The van der Waals surface area contributed by atoms with E-state index in [1.807, 2.05) is 30.3 Å². The molecule has 41 heavy (non-hydrogen) atoms. The molecule has 5 rings (SSSR count). The van der Waals surface area contributed by atoms with Crippen molar-refractivity contribution in [2.24, 2.45) is 0 Å². The van der Waals surface area contributed by atoms with E-state index in [1.54, 1.807) is 18.2 Å². The normalized spacial score (nSPS) is 19.3. The summed E-state index contributed by atoms with van der Waals surface area (Å²) in [6, 6.07) is 14.5. The van der Waals surface area contributed by atoms with E-state index in [2.05, 4.69) is 20.8 Å². The van der Waals surface area contributed by atoms with Crippen LogP contribution in [0.15, 0.2) is 54.1 Å². The van der Waals surface area contributed by atoms with Crippen molar-refractivity contribution in [2.75, 3.05) is 33.7 Å². The van der Waals surface area contributed by atoms with Gasteiger partial charge in [-0.2, -0.15) is 0 Å². The van der Waals surface area contributed by atoms with Crippen LogP contribution in [0, 0.1) is 0 Å². The van der Waals surface area contributed by atoms with E-state index in [9.17, 15) is 18.0 Å². The zero-order chi connectivity index (χ0) is 29.1. The summed E-state index contributed by atoms with van der Waals surface area (Å²) in [5.74, 6) is 0.170. The average Bonchev–Trinajstić information content (AvgIpc) is 3.43. The number of alkyl carbamates (subject to hydrolysis) is 1. The molecule has 0 aliphatic carbocycles. The summed E-state index contributed by atoms with van der Waals surface area (Å²) < 4.78 is 49.1. The Hall–Kier alpha value is -4.50. The molecule has 2 atom stereocenters. The molecule has 2 aliphatic rings. The van der Waals surface area contributed by atoms with Crippen LogP contribution in [0.2, 0.25) is 0 Å². The number of benzene rings is 2. The topological polar surface area (TPSA) is 164 Å². The Kier molecular flexibility index (Phi) is 7.90. The third-order valence-electron chi connectivity index (χ3n) is 6.78. The minimum absolute atomic E-state index is 0.119. The van der Waals surface area contributed by atoms with E-state index in [1.165, 1.54) is 26.0 Å². The predicted octanol–water partition coefficient (Wildman–Crippen LogP) is 0.988. The van der Waals surface area contributed by atoms with E-state index in [0.29, 0.717) is 17.1 Å². The molecule has 1 aromatic heterocycles. The highest BCUT2D eigenvalue weighted by Crippen LogP contribution is 2.41. The first-order valence-corrected chi connectivity index (χ1v) is 14.2. The fourth-order valence-corrected chi connectivity index (χ4v) is 6.79. The standard InChI is InChI=1S/C26H28N6O8S/c1-37-19-10-9-17(20(11-19)38-2)13-31-23(28-29-30-31)21-18(14-40-26(34)27-12-16-7-5-4-6-8-16)15-41(35,36)25-22(39-3)24(33)32(21)25/h4-11,22,25H,12-15H2,1-3H3,(H,27,34)/t22-,25-/m0/s1. The Balaban J connectivity index is 1.47. The number of fused-ring (bicyclic) bond motifs is 1. The van der Waals surface area contributed by atoms with Gasteiger partial charge in [0.2, 0.25) is 0 Å². The summed E-state index contributed by atoms with van der Waals surface area (Å²) in [6.07, 6.45) is -1.93. The smallest absolute Gasteiger partial charge is 0.407 e. The molecule has 2 amide bonds. The molecule has 3 aromatic rings. The van der Waals surface area contributed by atoms with Crippen LogP contribution in [0.5, 0.6) is 11.5 Å². The van der Waals surface area contributed by atoms with E-state index in [0.717, 1.165) is 10.5 Å². The maximum atomic E-state index is 13.2. The molecule has 2 aliphatic heterocycles. The number of amides is 2. The van der Waals surface area contributed by atoms with Gasteiger partial charge in [0.15, 0.2) is 27.1 Å². The van der Waals surface area contributed by atoms with Gasteiger partial charge in [-0.1, -0.05) is 30.3 Å². The Labute approximate surface area is 235 Å². The summed E-state index contributed by atoms with van der Waals surface area (Å²) in [5.41, 5.74) is 1.86. The van der Waals surface area contributed by atoms with Gasteiger partial charge in [0, 0.05) is 30.9 Å². The second-order valence-electron chi connectivity index (χ2n) is 9.27. The highest BCUT2D eigenvalue weighted by atomic mass is 32.2. The molecule has 2 aromatic carbocycles. The van der Waals surface area contributed by atoms with Crippen LogP contribution in [0.25, 0.3) is 5.70 Å². The maximum absolute atomic E-state index is 13.2. The van der Waals surface area contributed by atoms with Crippen LogP contribution >= 0.6 is 0 Å². The van der Waals surface area contributed by atoms with Gasteiger partial charge >= 0.3 is 6.09 Å². The second-order valence-corrected chi connectivity index (χ2v) is 11.4. The molecule has 0 saturated carbocycles. The van der Waals surface area contributed by atoms with Gasteiger partial charge in [0.1, 0.15) is 18.1 Å². The van der Waals surface area contributed by atoms with Crippen molar-refractivity contribution in [1.29, 1.82) is 0 Å². The highest BCUT2D eigenvalue weighted by molar-refractivity contribution is 7.92. The van der Waals surface area contributed by atoms with E-state index in [-0.39, 0.29) is 30.2 Å². The van der Waals surface area contributed by atoms with Crippen LogP contribution < -0.4 is 14.8 Å². The number of β-lactam (4-membered cyclic amide) rings is 1. The number of tetrazole rings is 1. The van der Waals surface area contributed by atoms with Crippen molar-refractivity contribution < 1.29 is 37.0 Å². The summed E-state index contributed by atoms with van der Waals surface area (Å²) in [6.45, 7) is -0.0755. The molecular weight excluding hydrogens is 556 g/mol. The first-order chi connectivity index (χ1) is 19.8. The molecule has 1 N–H and O–H groups in total. The first kappa shape index (κ1) is 28.0. The summed E-state index contributed by atoms with van der Waals surface area (Å²) in [4.78, 5) is 26.7. The van der Waals surface area contributed by atoms with Gasteiger partial charge in [-0.25, -0.2) is 17.9 Å². The first-order valence-electron chi connectivity index (χ1n) is 12.5. The predicted molar refractivity (Wildman–Crippen MR) is 143 cm³/mol. The number of rotatable bonds is 10. The lowest BCUT2D eigenvalue weighted by molar-refractivity contribution is -0.156. The Morgan fingerprint density at radius 2 is 1.88 bits per heavy atom. The number of hydrogen-bond acceptors (Lipinski definition) is 11. The van der Waals surface area contributed by atoms with E-state index >= 15 is 0 Å². The zero-order valence-electron chi connectivity index (χ0n) is 22.5. The molecule has 0 bridgehead atoms. The van der Waals surface area contributed by atoms with Crippen LogP contribution in [0.4, 0.5) is 4.79 Å². The van der Waals surface area contributed by atoms with Crippen LogP contribution in [0.1, 0.15) is 17.0 Å². The van der Waals surface area contributed by atoms with Gasteiger partial charge < -0.3 is 24.3 Å². The van der Waals surface area contributed by atoms with Gasteiger partial charge in [-0.3, -0.25) is 9.69 Å². The summed E-state index contributed by atoms with van der Waals surface area (Å²) in [5, 5.41) is 13.4. The van der Waals surface area contributed by atoms with Crippen molar-refractivity contribution in [3.05, 3.63) is 71.1 Å². The highest BCUT2D eigenvalue weighted by Gasteiger charge is 2.60. The maximum Gasteiger partial charge on any atom is 0.407 e. The zero-order valence-corrected chi connectivity index (χ0v) is 23.3. The minimum atomic E-state index is -3.89. The van der Waals surface area contributed by atoms with Crippen molar-refractivity contribution in [2.45, 2.75) is 24.6 Å². The largest absolute Gasteiger partial charge is 0.497 e. The lowest BCUT2D eigenvalue weighted by Gasteiger charge is -2.48. The number of sulfone groups is 1. The Bertz CT molecular complexity index is 1590. The number of carbonyl (C=O) groups excluding carboxylic acids is 2.